The molecule has 1 aromatic heterocycles. The van der Waals surface area contributed by atoms with Crippen molar-refractivity contribution >= 4 is 28.2 Å². The predicted molar refractivity (Wildman–Crippen MR) is 90.6 cm³/mol. The molecule has 1 fully saturated rings. The van der Waals surface area contributed by atoms with Gasteiger partial charge in [0.05, 0.1) is 0 Å². The third kappa shape index (κ3) is 3.39. The van der Waals surface area contributed by atoms with Crippen LogP contribution in [0.25, 0.3) is 0 Å². The minimum absolute atomic E-state index is 0.0456. The second-order valence-corrected chi connectivity index (χ2v) is 6.33. The quantitative estimate of drug-likeness (QED) is 0.945. The molecular formula is C16H20N4OS. The molecule has 2 aromatic rings. The molecule has 3 rings (SSSR count). The number of carbonyl (C=O) groups excluding carboxylic acids is 1. The van der Waals surface area contributed by atoms with Crippen LogP contribution in [0.3, 0.4) is 0 Å². The minimum Gasteiger partial charge on any atom is -0.371 e. The fourth-order valence-corrected chi connectivity index (χ4v) is 3.30. The minimum atomic E-state index is -0.0456. The molecule has 1 aliphatic rings. The highest BCUT2D eigenvalue weighted by molar-refractivity contribution is 7.13. The number of carbonyl (C=O) groups is 1. The van der Waals surface area contributed by atoms with Crippen LogP contribution in [0.15, 0.2) is 41.9 Å². The summed E-state index contributed by atoms with van der Waals surface area (Å²) in [6.07, 6.45) is 3.66. The van der Waals surface area contributed by atoms with Crippen molar-refractivity contribution < 1.29 is 4.79 Å². The second-order valence-electron chi connectivity index (χ2n) is 5.43. The smallest absolute Gasteiger partial charge is 0.323 e. The lowest BCUT2D eigenvalue weighted by atomic mass is 10.0. The number of para-hydroxylation sites is 1. The number of nitrogens with zero attached hydrogens (tertiary/aromatic N) is 3. The molecule has 1 aromatic carbocycles. The van der Waals surface area contributed by atoms with Gasteiger partial charge in [0.1, 0.15) is 0 Å². The maximum Gasteiger partial charge on any atom is 0.323 e. The lowest BCUT2D eigenvalue weighted by Crippen LogP contribution is -2.47. The van der Waals surface area contributed by atoms with Crippen LogP contribution in [-0.4, -0.2) is 42.1 Å². The Balaban J connectivity index is 1.53. The predicted octanol–water partition coefficient (Wildman–Crippen LogP) is 3.28. The summed E-state index contributed by atoms with van der Waals surface area (Å²) in [6.45, 7) is 1.55. The number of hydrogen-bond acceptors (Lipinski definition) is 4. The summed E-state index contributed by atoms with van der Waals surface area (Å²) in [5.41, 5.74) is 1.23. The Hall–Kier alpha value is -2.08. The molecule has 0 atom stereocenters. The van der Waals surface area contributed by atoms with Gasteiger partial charge in [-0.05, 0) is 25.0 Å². The summed E-state index contributed by atoms with van der Waals surface area (Å²) in [7, 11) is 2.13. The van der Waals surface area contributed by atoms with Crippen molar-refractivity contribution in [1.29, 1.82) is 0 Å². The molecule has 1 N–H and O–H groups in total. The maximum absolute atomic E-state index is 12.2. The molecule has 2 amide bonds. The number of amides is 2. The number of rotatable bonds is 3. The summed E-state index contributed by atoms with van der Waals surface area (Å²) in [4.78, 5) is 20.5. The van der Waals surface area contributed by atoms with Crippen molar-refractivity contribution in [1.82, 2.24) is 9.88 Å². The van der Waals surface area contributed by atoms with E-state index in [1.165, 1.54) is 17.0 Å². The number of urea groups is 1. The van der Waals surface area contributed by atoms with Gasteiger partial charge in [0, 0.05) is 43.4 Å². The Morgan fingerprint density at radius 1 is 1.32 bits per heavy atom. The fourth-order valence-electron chi connectivity index (χ4n) is 2.79. The molecule has 0 unspecified atom stereocenters. The third-order valence-electron chi connectivity index (χ3n) is 4.11. The number of nitrogens with one attached hydrogen (secondary N) is 1. The molecule has 5 nitrogen and oxygen atoms in total. The summed E-state index contributed by atoms with van der Waals surface area (Å²) in [6, 6.07) is 10.8. The fraction of sp³-hybridized carbons (Fsp3) is 0.375. The SMILES string of the molecule is CN(c1ccccc1)C1CCN(C(=O)Nc2nccs2)CC1. The van der Waals surface area contributed by atoms with Crippen molar-refractivity contribution in [3.05, 3.63) is 41.9 Å². The van der Waals surface area contributed by atoms with Gasteiger partial charge in [0.15, 0.2) is 5.13 Å². The Kier molecular flexibility index (Phi) is 4.58. The van der Waals surface area contributed by atoms with Crippen LogP contribution >= 0.6 is 11.3 Å². The van der Waals surface area contributed by atoms with Crippen molar-refractivity contribution in [2.75, 3.05) is 30.4 Å². The molecular weight excluding hydrogens is 296 g/mol. The van der Waals surface area contributed by atoms with Gasteiger partial charge in [-0.15, -0.1) is 11.3 Å². The standard InChI is InChI=1S/C16H20N4OS/c1-19(13-5-3-2-4-6-13)14-7-10-20(11-8-14)16(21)18-15-17-9-12-22-15/h2-6,9,12,14H,7-8,10-11H2,1H3,(H,17,18,21). The summed E-state index contributed by atoms with van der Waals surface area (Å²) < 4.78 is 0. The van der Waals surface area contributed by atoms with Crippen LogP contribution in [0, 0.1) is 0 Å². The lowest BCUT2D eigenvalue weighted by molar-refractivity contribution is 0.194. The number of anilines is 2. The van der Waals surface area contributed by atoms with Crippen LogP contribution in [-0.2, 0) is 0 Å². The largest absolute Gasteiger partial charge is 0.371 e. The monoisotopic (exact) mass is 316 g/mol. The number of aromatic nitrogens is 1. The van der Waals surface area contributed by atoms with Crippen molar-refractivity contribution in [3.63, 3.8) is 0 Å². The number of likely N-dealkylation sites (tertiary alicyclic amines) is 1. The van der Waals surface area contributed by atoms with E-state index in [1.54, 1.807) is 6.20 Å². The molecule has 0 aliphatic carbocycles. The first-order chi connectivity index (χ1) is 10.7. The second kappa shape index (κ2) is 6.79. The Morgan fingerprint density at radius 3 is 2.68 bits per heavy atom. The lowest BCUT2D eigenvalue weighted by Gasteiger charge is -2.37. The average molecular weight is 316 g/mol. The first-order valence-corrected chi connectivity index (χ1v) is 8.35. The molecule has 22 heavy (non-hydrogen) atoms. The average Bonchev–Trinajstić information content (AvgIpc) is 3.08. The first-order valence-electron chi connectivity index (χ1n) is 7.47. The molecule has 116 valence electrons. The van der Waals surface area contributed by atoms with Gasteiger partial charge in [-0.2, -0.15) is 0 Å². The maximum atomic E-state index is 12.2. The van der Waals surface area contributed by atoms with Gasteiger partial charge < -0.3 is 9.80 Å². The van der Waals surface area contributed by atoms with Gasteiger partial charge in [0.25, 0.3) is 0 Å². The van der Waals surface area contributed by atoms with Crippen LogP contribution in [0.4, 0.5) is 15.6 Å². The van der Waals surface area contributed by atoms with E-state index >= 15 is 0 Å². The zero-order chi connectivity index (χ0) is 15.4. The van der Waals surface area contributed by atoms with Crippen LogP contribution < -0.4 is 10.2 Å². The Bertz CT molecular complexity index is 594. The van der Waals surface area contributed by atoms with E-state index in [2.05, 4.69) is 46.5 Å². The molecule has 6 heteroatoms. The molecule has 1 saturated heterocycles. The number of benzene rings is 1. The number of thiazole rings is 1. The van der Waals surface area contributed by atoms with Crippen molar-refractivity contribution in [2.24, 2.45) is 0 Å². The van der Waals surface area contributed by atoms with Gasteiger partial charge in [0.2, 0.25) is 0 Å². The van der Waals surface area contributed by atoms with E-state index in [9.17, 15) is 4.79 Å². The highest BCUT2D eigenvalue weighted by Gasteiger charge is 2.25. The Labute approximate surface area is 134 Å². The zero-order valence-corrected chi connectivity index (χ0v) is 13.4. The first kappa shape index (κ1) is 14.8. The van der Waals surface area contributed by atoms with Crippen molar-refractivity contribution in [2.45, 2.75) is 18.9 Å². The van der Waals surface area contributed by atoms with E-state index in [0.29, 0.717) is 11.2 Å². The summed E-state index contributed by atoms with van der Waals surface area (Å²) in [5.74, 6) is 0. The van der Waals surface area contributed by atoms with Gasteiger partial charge in [-0.3, -0.25) is 5.32 Å². The van der Waals surface area contributed by atoms with Gasteiger partial charge >= 0.3 is 6.03 Å². The number of piperidine rings is 1. The number of hydrogen-bond donors (Lipinski definition) is 1. The molecule has 0 bridgehead atoms. The molecule has 0 radical (unpaired) electrons. The van der Waals surface area contributed by atoms with E-state index in [-0.39, 0.29) is 6.03 Å². The topological polar surface area (TPSA) is 48.5 Å². The Morgan fingerprint density at radius 2 is 2.05 bits per heavy atom. The van der Waals surface area contributed by atoms with Crippen molar-refractivity contribution in [3.8, 4) is 0 Å². The zero-order valence-electron chi connectivity index (χ0n) is 12.6. The summed E-state index contributed by atoms with van der Waals surface area (Å²) in [5, 5.41) is 5.37. The van der Waals surface area contributed by atoms with E-state index in [4.69, 9.17) is 0 Å². The third-order valence-corrected chi connectivity index (χ3v) is 4.80. The van der Waals surface area contributed by atoms with Crippen LogP contribution in [0.2, 0.25) is 0 Å². The highest BCUT2D eigenvalue weighted by Crippen LogP contribution is 2.22. The normalized spacial score (nSPS) is 15.6. The molecule has 1 aliphatic heterocycles. The molecule has 0 spiro atoms. The summed E-state index contributed by atoms with van der Waals surface area (Å²) >= 11 is 1.44. The van der Waals surface area contributed by atoms with Gasteiger partial charge in [-0.25, -0.2) is 9.78 Å². The molecule has 0 saturated carbocycles. The van der Waals surface area contributed by atoms with Gasteiger partial charge in [-0.1, -0.05) is 18.2 Å². The van der Waals surface area contributed by atoms with E-state index < -0.39 is 0 Å². The molecule has 2 heterocycles. The highest BCUT2D eigenvalue weighted by atomic mass is 32.1. The van der Waals surface area contributed by atoms with Crippen LogP contribution in [0.5, 0.6) is 0 Å². The van der Waals surface area contributed by atoms with E-state index in [1.807, 2.05) is 16.3 Å². The van der Waals surface area contributed by atoms with E-state index in [0.717, 1.165) is 25.9 Å². The van der Waals surface area contributed by atoms with Crippen LogP contribution in [0.1, 0.15) is 12.8 Å².